The van der Waals surface area contributed by atoms with Crippen molar-refractivity contribution in [2.24, 2.45) is 5.92 Å². The Bertz CT molecular complexity index is 421. The van der Waals surface area contributed by atoms with Gasteiger partial charge in [-0.3, -0.25) is 0 Å². The number of allylic oxidation sites excluding steroid dienone is 1. The first-order chi connectivity index (χ1) is 6.75. The lowest BCUT2D eigenvalue weighted by Crippen LogP contribution is -1.76. The molecule has 2 rings (SSSR count). The Kier molecular flexibility index (Phi) is 2.64. The first kappa shape index (κ1) is 9.41. The molecular weight excluding hydrogens is 190 g/mol. The molecule has 0 N–H and O–H groups in total. The van der Waals surface area contributed by atoms with Crippen molar-refractivity contribution in [1.82, 2.24) is 4.98 Å². The Morgan fingerprint density at radius 3 is 2.79 bits per heavy atom. The number of benzene rings is 1. The van der Waals surface area contributed by atoms with Crippen LogP contribution in [0.3, 0.4) is 0 Å². The third-order valence-corrected chi connectivity index (χ3v) is 2.94. The van der Waals surface area contributed by atoms with E-state index in [1.54, 1.807) is 11.3 Å². The van der Waals surface area contributed by atoms with Crippen LogP contribution in [0.4, 0.5) is 0 Å². The van der Waals surface area contributed by atoms with Crippen LogP contribution in [0.1, 0.15) is 18.9 Å². The molecule has 0 radical (unpaired) electrons. The number of thiazole rings is 1. The lowest BCUT2D eigenvalue weighted by atomic mass is 10.2. The molecular formula is C12H13NS. The van der Waals surface area contributed by atoms with Crippen LogP contribution in [0, 0.1) is 5.92 Å². The molecule has 0 bridgehead atoms. The van der Waals surface area contributed by atoms with E-state index >= 15 is 0 Å². The highest BCUT2D eigenvalue weighted by molar-refractivity contribution is 7.19. The van der Waals surface area contributed by atoms with Crippen LogP contribution in [0.25, 0.3) is 16.3 Å². The van der Waals surface area contributed by atoms with E-state index in [1.807, 2.05) is 6.07 Å². The summed E-state index contributed by atoms with van der Waals surface area (Å²) < 4.78 is 1.26. The molecule has 0 fully saturated rings. The van der Waals surface area contributed by atoms with Gasteiger partial charge in [-0.25, -0.2) is 4.98 Å². The molecule has 1 aromatic heterocycles. The molecule has 0 aliphatic heterocycles. The largest absolute Gasteiger partial charge is 0.237 e. The van der Waals surface area contributed by atoms with Crippen molar-refractivity contribution in [2.75, 3.05) is 0 Å². The lowest BCUT2D eigenvalue weighted by molar-refractivity contribution is 0.836. The Hall–Kier alpha value is -1.15. The smallest absolute Gasteiger partial charge is 0.117 e. The fraction of sp³-hybridized carbons (Fsp3) is 0.250. The normalized spacial score (nSPS) is 11.9. The topological polar surface area (TPSA) is 12.9 Å². The van der Waals surface area contributed by atoms with Crippen molar-refractivity contribution in [2.45, 2.75) is 13.8 Å². The average molecular weight is 203 g/mol. The Labute approximate surface area is 88.1 Å². The van der Waals surface area contributed by atoms with Crippen molar-refractivity contribution >= 4 is 27.6 Å². The summed E-state index contributed by atoms with van der Waals surface area (Å²) in [6, 6.07) is 8.24. The van der Waals surface area contributed by atoms with Crippen LogP contribution in [-0.4, -0.2) is 4.98 Å². The average Bonchev–Trinajstić information content (AvgIpc) is 2.57. The standard InChI is InChI=1S/C12H13NS/c1-9(2)7-8-12-13-10-5-3-4-6-11(10)14-12/h3-9H,1-2H3/b8-7+. The second-order valence-electron chi connectivity index (χ2n) is 3.62. The second-order valence-corrected chi connectivity index (χ2v) is 4.69. The van der Waals surface area contributed by atoms with Crippen LogP contribution in [0.2, 0.25) is 0 Å². The Morgan fingerprint density at radius 2 is 2.07 bits per heavy atom. The number of aromatic nitrogens is 1. The zero-order chi connectivity index (χ0) is 9.97. The highest BCUT2D eigenvalue weighted by Gasteiger charge is 1.98. The summed E-state index contributed by atoms with van der Waals surface area (Å²) in [4.78, 5) is 4.52. The predicted molar refractivity (Wildman–Crippen MR) is 63.5 cm³/mol. The first-order valence-corrected chi connectivity index (χ1v) is 5.61. The molecule has 2 heteroatoms. The molecule has 14 heavy (non-hydrogen) atoms. The molecule has 0 aliphatic rings. The van der Waals surface area contributed by atoms with Gasteiger partial charge >= 0.3 is 0 Å². The number of fused-ring (bicyclic) bond motifs is 1. The Balaban J connectivity index is 2.36. The number of nitrogens with zero attached hydrogens (tertiary/aromatic N) is 1. The van der Waals surface area contributed by atoms with Crippen molar-refractivity contribution in [3.05, 3.63) is 35.3 Å². The maximum absolute atomic E-state index is 4.52. The van der Waals surface area contributed by atoms with E-state index in [2.05, 4.69) is 49.2 Å². The minimum Gasteiger partial charge on any atom is -0.237 e. The van der Waals surface area contributed by atoms with Gasteiger partial charge in [0.05, 0.1) is 10.2 Å². The lowest BCUT2D eigenvalue weighted by Gasteiger charge is -1.89. The van der Waals surface area contributed by atoms with E-state index in [9.17, 15) is 0 Å². The summed E-state index contributed by atoms with van der Waals surface area (Å²) in [6.45, 7) is 4.34. The summed E-state index contributed by atoms with van der Waals surface area (Å²) in [5, 5.41) is 1.10. The van der Waals surface area contributed by atoms with Gasteiger partial charge in [-0.2, -0.15) is 0 Å². The van der Waals surface area contributed by atoms with Gasteiger partial charge in [0.2, 0.25) is 0 Å². The summed E-state index contributed by atoms with van der Waals surface area (Å²) in [5.41, 5.74) is 1.10. The third kappa shape index (κ3) is 2.02. The molecule has 0 unspecified atom stereocenters. The van der Waals surface area contributed by atoms with Crippen LogP contribution in [0.5, 0.6) is 0 Å². The molecule has 1 aromatic carbocycles. The fourth-order valence-corrected chi connectivity index (χ4v) is 2.12. The van der Waals surface area contributed by atoms with Gasteiger partial charge in [-0.1, -0.05) is 32.1 Å². The zero-order valence-electron chi connectivity index (χ0n) is 8.40. The van der Waals surface area contributed by atoms with Crippen LogP contribution < -0.4 is 0 Å². The minimum atomic E-state index is 0.585. The van der Waals surface area contributed by atoms with Gasteiger partial charge in [0.1, 0.15) is 5.01 Å². The number of rotatable bonds is 2. The predicted octanol–water partition coefficient (Wildman–Crippen LogP) is 3.97. The first-order valence-electron chi connectivity index (χ1n) is 4.79. The molecule has 1 nitrogen and oxygen atoms in total. The fourth-order valence-electron chi connectivity index (χ4n) is 1.24. The van der Waals surface area contributed by atoms with E-state index in [0.29, 0.717) is 5.92 Å². The quantitative estimate of drug-likeness (QED) is 0.719. The number of hydrogen-bond acceptors (Lipinski definition) is 2. The molecule has 0 atom stereocenters. The minimum absolute atomic E-state index is 0.585. The molecule has 2 aromatic rings. The van der Waals surface area contributed by atoms with Crippen LogP contribution >= 0.6 is 11.3 Å². The van der Waals surface area contributed by atoms with Crippen molar-refractivity contribution in [3.63, 3.8) is 0 Å². The van der Waals surface area contributed by atoms with Gasteiger partial charge in [-0.15, -0.1) is 11.3 Å². The monoisotopic (exact) mass is 203 g/mol. The van der Waals surface area contributed by atoms with E-state index in [1.165, 1.54) is 4.70 Å². The zero-order valence-corrected chi connectivity index (χ0v) is 9.21. The third-order valence-electron chi connectivity index (χ3n) is 1.93. The van der Waals surface area contributed by atoms with Gasteiger partial charge in [0.25, 0.3) is 0 Å². The van der Waals surface area contributed by atoms with Crippen LogP contribution in [0.15, 0.2) is 30.3 Å². The summed E-state index contributed by atoms with van der Waals surface area (Å²) in [6.07, 6.45) is 4.28. The number of para-hydroxylation sites is 1. The molecule has 1 heterocycles. The van der Waals surface area contributed by atoms with Gasteiger partial charge in [0.15, 0.2) is 0 Å². The van der Waals surface area contributed by atoms with Crippen molar-refractivity contribution < 1.29 is 0 Å². The van der Waals surface area contributed by atoms with Gasteiger partial charge in [-0.05, 0) is 24.1 Å². The van der Waals surface area contributed by atoms with E-state index in [-0.39, 0.29) is 0 Å². The highest BCUT2D eigenvalue weighted by Crippen LogP contribution is 2.22. The maximum atomic E-state index is 4.52. The molecule has 0 saturated carbocycles. The van der Waals surface area contributed by atoms with E-state index in [0.717, 1.165) is 10.5 Å². The molecule has 0 aliphatic carbocycles. The summed E-state index contributed by atoms with van der Waals surface area (Å²) in [7, 11) is 0. The van der Waals surface area contributed by atoms with E-state index in [4.69, 9.17) is 0 Å². The highest BCUT2D eigenvalue weighted by atomic mass is 32.1. The number of hydrogen-bond donors (Lipinski definition) is 0. The van der Waals surface area contributed by atoms with E-state index < -0.39 is 0 Å². The molecule has 0 saturated heterocycles. The van der Waals surface area contributed by atoms with Crippen LogP contribution in [-0.2, 0) is 0 Å². The van der Waals surface area contributed by atoms with Gasteiger partial charge in [0, 0.05) is 0 Å². The SMILES string of the molecule is CC(C)/C=C/c1nc2ccccc2s1. The van der Waals surface area contributed by atoms with Crippen molar-refractivity contribution in [3.8, 4) is 0 Å². The summed E-state index contributed by atoms with van der Waals surface area (Å²) >= 11 is 1.74. The second kappa shape index (κ2) is 3.93. The summed E-state index contributed by atoms with van der Waals surface area (Å²) in [5.74, 6) is 0.585. The van der Waals surface area contributed by atoms with Crippen molar-refractivity contribution in [1.29, 1.82) is 0 Å². The molecule has 0 amide bonds. The Morgan fingerprint density at radius 1 is 1.29 bits per heavy atom. The molecule has 72 valence electrons. The van der Waals surface area contributed by atoms with Gasteiger partial charge < -0.3 is 0 Å². The maximum Gasteiger partial charge on any atom is 0.117 e. The molecule has 0 spiro atoms.